The summed E-state index contributed by atoms with van der Waals surface area (Å²) in [5.74, 6) is 3.27. The zero-order valence-electron chi connectivity index (χ0n) is 16.4. The second kappa shape index (κ2) is 6.68. The molecule has 0 aromatic carbocycles. The first-order valence-electron chi connectivity index (χ1n) is 10.1. The van der Waals surface area contributed by atoms with Crippen LogP contribution in [0.5, 0.6) is 0 Å². The third kappa shape index (κ3) is 3.06. The number of hydrogen-bond acceptors (Lipinski definition) is 7. The molecule has 0 spiro atoms. The van der Waals surface area contributed by atoms with Crippen molar-refractivity contribution in [2.24, 2.45) is 5.92 Å². The molecular weight excluding hydrogens is 354 g/mol. The van der Waals surface area contributed by atoms with Crippen LogP contribution in [0.15, 0.2) is 12.4 Å². The Balaban J connectivity index is 1.35. The maximum absolute atomic E-state index is 12.6. The SMILES string of the molecule is C[C@H]1C(=O)N2CCCc3nc(NCc4cnc(CC5CC5)nc4)nc(c32)N1C. The summed E-state index contributed by atoms with van der Waals surface area (Å²) in [4.78, 5) is 34.8. The average molecular weight is 379 g/mol. The normalized spacial score (nSPS) is 20.9. The van der Waals surface area contributed by atoms with Gasteiger partial charge in [-0.25, -0.2) is 15.0 Å². The Kier molecular flexibility index (Phi) is 4.14. The van der Waals surface area contributed by atoms with Crippen LogP contribution >= 0.6 is 0 Å². The number of carbonyl (C=O) groups is 1. The minimum Gasteiger partial charge on any atom is -0.350 e. The van der Waals surface area contributed by atoms with Gasteiger partial charge in [-0.05, 0) is 38.5 Å². The third-order valence-electron chi connectivity index (χ3n) is 5.92. The van der Waals surface area contributed by atoms with Crippen LogP contribution in [-0.2, 0) is 24.2 Å². The number of likely N-dealkylation sites (N-methyl/N-ethyl adjacent to an activating group) is 1. The fourth-order valence-electron chi connectivity index (χ4n) is 3.91. The average Bonchev–Trinajstić information content (AvgIpc) is 3.53. The molecule has 8 nitrogen and oxygen atoms in total. The summed E-state index contributed by atoms with van der Waals surface area (Å²) in [5.41, 5.74) is 2.84. The highest BCUT2D eigenvalue weighted by Crippen LogP contribution is 2.39. The van der Waals surface area contributed by atoms with Gasteiger partial charge in [0.2, 0.25) is 11.9 Å². The van der Waals surface area contributed by atoms with E-state index in [1.54, 1.807) is 0 Å². The van der Waals surface area contributed by atoms with Gasteiger partial charge < -0.3 is 15.1 Å². The summed E-state index contributed by atoms with van der Waals surface area (Å²) in [6.45, 7) is 3.25. The van der Waals surface area contributed by atoms with Crippen molar-refractivity contribution in [2.75, 3.05) is 28.7 Å². The van der Waals surface area contributed by atoms with Crippen LogP contribution in [0.2, 0.25) is 0 Å². The van der Waals surface area contributed by atoms with Crippen LogP contribution < -0.4 is 15.1 Å². The number of carbonyl (C=O) groups excluding carboxylic acids is 1. The molecule has 0 saturated heterocycles. The van der Waals surface area contributed by atoms with E-state index in [9.17, 15) is 4.79 Å². The molecule has 5 rings (SSSR count). The lowest BCUT2D eigenvalue weighted by atomic mass is 10.0. The molecule has 2 aliphatic heterocycles. The Morgan fingerprint density at radius 3 is 2.75 bits per heavy atom. The number of nitrogens with one attached hydrogen (secondary N) is 1. The van der Waals surface area contributed by atoms with Crippen molar-refractivity contribution in [3.63, 3.8) is 0 Å². The molecule has 3 aliphatic rings. The van der Waals surface area contributed by atoms with Crippen LogP contribution in [-0.4, -0.2) is 45.5 Å². The predicted molar refractivity (Wildman–Crippen MR) is 106 cm³/mol. The van der Waals surface area contributed by atoms with Crippen LogP contribution in [0.3, 0.4) is 0 Å². The van der Waals surface area contributed by atoms with Crippen molar-refractivity contribution in [3.05, 3.63) is 29.5 Å². The highest BCUT2D eigenvalue weighted by atomic mass is 16.2. The third-order valence-corrected chi connectivity index (χ3v) is 5.92. The Hall–Kier alpha value is -2.77. The monoisotopic (exact) mass is 379 g/mol. The summed E-state index contributed by atoms with van der Waals surface area (Å²) >= 11 is 0. The van der Waals surface area contributed by atoms with Crippen molar-refractivity contribution >= 4 is 23.4 Å². The second-order valence-electron chi connectivity index (χ2n) is 8.06. The summed E-state index contributed by atoms with van der Waals surface area (Å²) in [6, 6.07) is -0.214. The first-order valence-corrected chi connectivity index (χ1v) is 10.1. The van der Waals surface area contributed by atoms with Gasteiger partial charge in [-0.15, -0.1) is 0 Å². The van der Waals surface area contributed by atoms with Gasteiger partial charge in [0.25, 0.3) is 0 Å². The van der Waals surface area contributed by atoms with Crippen molar-refractivity contribution < 1.29 is 4.79 Å². The summed E-state index contributed by atoms with van der Waals surface area (Å²) in [7, 11) is 1.92. The van der Waals surface area contributed by atoms with Crippen molar-refractivity contribution in [3.8, 4) is 0 Å². The molecule has 0 unspecified atom stereocenters. The lowest BCUT2D eigenvalue weighted by Crippen LogP contribution is -2.53. The molecule has 1 saturated carbocycles. The Morgan fingerprint density at radius 1 is 1.21 bits per heavy atom. The summed E-state index contributed by atoms with van der Waals surface area (Å²) in [6.07, 6.45) is 9.17. The standard InChI is InChI=1S/C20H25N7O/c1-12-19(28)27-7-3-4-15-17(27)18(26(12)2)25-20(24-15)23-11-14-9-21-16(22-10-14)8-13-5-6-13/h9-10,12-13H,3-8,11H2,1-2H3,(H,23,24,25)/t12-/m0/s1. The van der Waals surface area contributed by atoms with Gasteiger partial charge in [-0.1, -0.05) is 0 Å². The molecule has 0 bridgehead atoms. The van der Waals surface area contributed by atoms with Gasteiger partial charge in [0.1, 0.15) is 17.6 Å². The van der Waals surface area contributed by atoms with Gasteiger partial charge in [0.05, 0.1) is 5.69 Å². The largest absolute Gasteiger partial charge is 0.350 e. The molecule has 4 heterocycles. The number of aromatic nitrogens is 4. The van der Waals surface area contributed by atoms with Crippen LogP contribution in [0.1, 0.15) is 43.3 Å². The second-order valence-corrected chi connectivity index (χ2v) is 8.06. The minimum absolute atomic E-state index is 0.128. The van der Waals surface area contributed by atoms with Gasteiger partial charge in [-0.2, -0.15) is 4.98 Å². The van der Waals surface area contributed by atoms with Crippen molar-refractivity contribution in [1.82, 2.24) is 19.9 Å². The summed E-state index contributed by atoms with van der Waals surface area (Å²) < 4.78 is 0. The topological polar surface area (TPSA) is 87.1 Å². The van der Waals surface area contributed by atoms with E-state index in [0.717, 1.165) is 60.3 Å². The van der Waals surface area contributed by atoms with Crippen LogP contribution in [0.4, 0.5) is 17.5 Å². The molecule has 1 aliphatic carbocycles. The maximum Gasteiger partial charge on any atom is 0.249 e. The zero-order valence-corrected chi connectivity index (χ0v) is 16.4. The van der Waals surface area contributed by atoms with E-state index in [-0.39, 0.29) is 11.9 Å². The molecule has 2 aromatic rings. The fraction of sp³-hybridized carbons (Fsp3) is 0.550. The molecule has 2 aromatic heterocycles. The first kappa shape index (κ1) is 17.3. The van der Waals surface area contributed by atoms with Gasteiger partial charge in [0, 0.05) is 44.5 Å². The van der Waals surface area contributed by atoms with Crippen LogP contribution in [0.25, 0.3) is 0 Å². The number of amides is 1. The molecular formula is C20H25N7O. The van der Waals surface area contributed by atoms with E-state index in [0.29, 0.717) is 12.5 Å². The van der Waals surface area contributed by atoms with E-state index in [2.05, 4.69) is 15.3 Å². The molecule has 28 heavy (non-hydrogen) atoms. The Bertz CT molecular complexity index is 910. The quantitative estimate of drug-likeness (QED) is 0.849. The van der Waals surface area contributed by atoms with E-state index in [1.807, 2.05) is 36.2 Å². The van der Waals surface area contributed by atoms with E-state index < -0.39 is 0 Å². The minimum atomic E-state index is -0.214. The lowest BCUT2D eigenvalue weighted by molar-refractivity contribution is -0.119. The van der Waals surface area contributed by atoms with Crippen molar-refractivity contribution in [1.29, 1.82) is 0 Å². The van der Waals surface area contributed by atoms with E-state index in [4.69, 9.17) is 9.97 Å². The first-order chi connectivity index (χ1) is 13.6. The van der Waals surface area contributed by atoms with E-state index >= 15 is 0 Å². The van der Waals surface area contributed by atoms with Gasteiger partial charge in [0.15, 0.2) is 5.82 Å². The van der Waals surface area contributed by atoms with Crippen LogP contribution in [0, 0.1) is 5.92 Å². The molecule has 1 N–H and O–H groups in total. The number of rotatable bonds is 5. The maximum atomic E-state index is 12.6. The highest BCUT2D eigenvalue weighted by molar-refractivity contribution is 6.05. The molecule has 1 fully saturated rings. The van der Waals surface area contributed by atoms with Gasteiger partial charge in [-0.3, -0.25) is 4.79 Å². The van der Waals surface area contributed by atoms with Gasteiger partial charge >= 0.3 is 0 Å². The number of anilines is 3. The predicted octanol–water partition coefficient (Wildman–Crippen LogP) is 1.95. The zero-order chi connectivity index (χ0) is 19.3. The highest BCUT2D eigenvalue weighted by Gasteiger charge is 2.38. The van der Waals surface area contributed by atoms with E-state index in [1.165, 1.54) is 12.8 Å². The van der Waals surface area contributed by atoms with Crippen molar-refractivity contribution in [2.45, 2.75) is 51.6 Å². The molecule has 1 atom stereocenters. The molecule has 1 amide bonds. The number of nitrogens with zero attached hydrogens (tertiary/aromatic N) is 6. The molecule has 146 valence electrons. The molecule has 8 heteroatoms. The smallest absolute Gasteiger partial charge is 0.249 e. The molecule has 0 radical (unpaired) electrons. The number of aryl methyl sites for hydroxylation is 1. The lowest BCUT2D eigenvalue weighted by Gasteiger charge is -2.41. The Labute approximate surface area is 164 Å². The summed E-state index contributed by atoms with van der Waals surface area (Å²) in [5, 5.41) is 3.31. The Morgan fingerprint density at radius 2 is 2.00 bits per heavy atom. The number of hydrogen-bond donors (Lipinski definition) is 1. The fourth-order valence-corrected chi connectivity index (χ4v) is 3.91.